The number of pyridine rings is 2. The van der Waals surface area contributed by atoms with Crippen molar-refractivity contribution in [1.82, 2.24) is 15.3 Å². The molecule has 0 saturated carbocycles. The van der Waals surface area contributed by atoms with Gasteiger partial charge in [-0.1, -0.05) is 0 Å². The van der Waals surface area contributed by atoms with Crippen LogP contribution in [0.5, 0.6) is 0 Å². The normalized spacial score (nSPS) is 14.0. The molecular formula is C13H14N4O. The van der Waals surface area contributed by atoms with Gasteiger partial charge in [-0.15, -0.1) is 0 Å². The van der Waals surface area contributed by atoms with Crippen molar-refractivity contribution in [3.8, 4) is 0 Å². The van der Waals surface area contributed by atoms with E-state index in [1.807, 2.05) is 12.3 Å². The first kappa shape index (κ1) is 11.0. The topological polar surface area (TPSA) is 69.8 Å². The molecular weight excluding hydrogens is 228 g/mol. The number of fused-ring (bicyclic) bond motifs is 1. The van der Waals surface area contributed by atoms with Crippen LogP contribution in [0.1, 0.15) is 11.1 Å². The van der Waals surface area contributed by atoms with Crippen LogP contribution in [0.25, 0.3) is 0 Å². The van der Waals surface area contributed by atoms with Crippen molar-refractivity contribution in [1.29, 1.82) is 0 Å². The standard InChI is InChI=1S/C13H14N4O/c18-13-11(2-1-4-15-13)17-12-6-10-7-14-5-3-9(10)8-16-12/h1-2,4,6,8,14H,3,5,7H2,(H,15,18)(H,16,17). The Bertz CT molecular complexity index is 620. The summed E-state index contributed by atoms with van der Waals surface area (Å²) in [6, 6.07) is 5.51. The molecule has 3 N–H and O–H groups in total. The van der Waals surface area contributed by atoms with Crippen LogP contribution in [0.4, 0.5) is 11.5 Å². The summed E-state index contributed by atoms with van der Waals surface area (Å²) < 4.78 is 0. The maximum atomic E-state index is 11.6. The van der Waals surface area contributed by atoms with Crippen LogP contribution in [-0.2, 0) is 13.0 Å². The number of aromatic nitrogens is 2. The molecule has 2 aromatic heterocycles. The number of aromatic amines is 1. The zero-order valence-electron chi connectivity index (χ0n) is 9.86. The maximum absolute atomic E-state index is 11.6. The third kappa shape index (κ3) is 2.12. The molecule has 18 heavy (non-hydrogen) atoms. The predicted molar refractivity (Wildman–Crippen MR) is 70.0 cm³/mol. The molecule has 2 aromatic rings. The lowest BCUT2D eigenvalue weighted by Gasteiger charge is -2.17. The molecule has 1 aliphatic rings. The Morgan fingerprint density at radius 1 is 1.33 bits per heavy atom. The monoisotopic (exact) mass is 242 g/mol. The number of hydrogen-bond acceptors (Lipinski definition) is 4. The summed E-state index contributed by atoms with van der Waals surface area (Å²) in [6.45, 7) is 1.86. The highest BCUT2D eigenvalue weighted by Crippen LogP contribution is 2.18. The van der Waals surface area contributed by atoms with Crippen LogP contribution in [0.2, 0.25) is 0 Å². The Balaban J connectivity index is 1.90. The van der Waals surface area contributed by atoms with Gasteiger partial charge in [0.1, 0.15) is 11.5 Å². The average molecular weight is 242 g/mol. The fraction of sp³-hybridized carbons (Fsp3) is 0.231. The molecule has 0 aliphatic carbocycles. The summed E-state index contributed by atoms with van der Waals surface area (Å²) in [5.74, 6) is 0.703. The molecule has 5 heteroatoms. The van der Waals surface area contributed by atoms with Gasteiger partial charge in [0.2, 0.25) is 0 Å². The number of anilines is 2. The number of hydrogen-bond donors (Lipinski definition) is 3. The van der Waals surface area contributed by atoms with Crippen molar-refractivity contribution in [2.24, 2.45) is 0 Å². The second-order valence-corrected chi connectivity index (χ2v) is 4.30. The summed E-state index contributed by atoms with van der Waals surface area (Å²) in [4.78, 5) is 18.5. The molecule has 0 unspecified atom stereocenters. The zero-order valence-corrected chi connectivity index (χ0v) is 9.86. The van der Waals surface area contributed by atoms with Gasteiger partial charge in [0.25, 0.3) is 5.56 Å². The van der Waals surface area contributed by atoms with Gasteiger partial charge in [0, 0.05) is 18.9 Å². The van der Waals surface area contributed by atoms with E-state index >= 15 is 0 Å². The van der Waals surface area contributed by atoms with Crippen molar-refractivity contribution in [3.05, 3.63) is 52.1 Å². The molecule has 0 fully saturated rings. The maximum Gasteiger partial charge on any atom is 0.271 e. The number of nitrogens with one attached hydrogen (secondary N) is 3. The molecule has 3 rings (SSSR count). The Morgan fingerprint density at radius 2 is 2.28 bits per heavy atom. The first-order chi connectivity index (χ1) is 8.83. The van der Waals surface area contributed by atoms with Crippen LogP contribution in [-0.4, -0.2) is 16.5 Å². The highest BCUT2D eigenvalue weighted by Gasteiger charge is 2.10. The first-order valence-corrected chi connectivity index (χ1v) is 5.96. The van der Waals surface area contributed by atoms with Gasteiger partial charge in [-0.2, -0.15) is 0 Å². The van der Waals surface area contributed by atoms with E-state index in [0.29, 0.717) is 11.5 Å². The van der Waals surface area contributed by atoms with E-state index in [2.05, 4.69) is 20.6 Å². The molecule has 0 aromatic carbocycles. The Labute approximate surface area is 104 Å². The molecule has 0 atom stereocenters. The predicted octanol–water partition coefficient (Wildman–Crippen LogP) is 1.16. The van der Waals surface area contributed by atoms with Crippen LogP contribution in [0, 0.1) is 0 Å². The fourth-order valence-electron chi connectivity index (χ4n) is 2.09. The minimum Gasteiger partial charge on any atom is -0.336 e. The van der Waals surface area contributed by atoms with Gasteiger partial charge in [0.15, 0.2) is 0 Å². The van der Waals surface area contributed by atoms with Crippen LogP contribution in [0.3, 0.4) is 0 Å². The van der Waals surface area contributed by atoms with E-state index in [1.165, 1.54) is 11.1 Å². The van der Waals surface area contributed by atoms with E-state index in [0.717, 1.165) is 19.5 Å². The minimum absolute atomic E-state index is 0.143. The molecule has 0 amide bonds. The van der Waals surface area contributed by atoms with E-state index in [-0.39, 0.29) is 5.56 Å². The molecule has 0 bridgehead atoms. The number of rotatable bonds is 2. The fourth-order valence-corrected chi connectivity index (χ4v) is 2.09. The second-order valence-electron chi connectivity index (χ2n) is 4.30. The van der Waals surface area contributed by atoms with E-state index in [4.69, 9.17) is 0 Å². The largest absolute Gasteiger partial charge is 0.336 e. The molecule has 0 spiro atoms. The number of H-pyrrole nitrogens is 1. The van der Waals surface area contributed by atoms with Crippen molar-refractivity contribution >= 4 is 11.5 Å². The lowest BCUT2D eigenvalue weighted by Crippen LogP contribution is -2.24. The third-order valence-electron chi connectivity index (χ3n) is 3.05. The van der Waals surface area contributed by atoms with E-state index < -0.39 is 0 Å². The summed E-state index contributed by atoms with van der Waals surface area (Å²) in [5.41, 5.74) is 2.89. The summed E-state index contributed by atoms with van der Waals surface area (Å²) in [6.07, 6.45) is 4.50. The number of nitrogens with zero attached hydrogens (tertiary/aromatic N) is 1. The van der Waals surface area contributed by atoms with E-state index in [9.17, 15) is 4.79 Å². The smallest absolute Gasteiger partial charge is 0.271 e. The molecule has 0 saturated heterocycles. The minimum atomic E-state index is -0.143. The highest BCUT2D eigenvalue weighted by atomic mass is 16.1. The van der Waals surface area contributed by atoms with Gasteiger partial charge in [-0.05, 0) is 42.3 Å². The molecule has 5 nitrogen and oxygen atoms in total. The zero-order chi connectivity index (χ0) is 12.4. The molecule has 0 radical (unpaired) electrons. The SMILES string of the molecule is O=c1[nH]cccc1Nc1cc2c(cn1)CCNC2. The van der Waals surface area contributed by atoms with Crippen molar-refractivity contribution in [2.45, 2.75) is 13.0 Å². The molecule has 1 aliphatic heterocycles. The van der Waals surface area contributed by atoms with Gasteiger partial charge < -0.3 is 15.6 Å². The van der Waals surface area contributed by atoms with Crippen LogP contribution >= 0.6 is 0 Å². The quantitative estimate of drug-likeness (QED) is 0.739. The van der Waals surface area contributed by atoms with Crippen molar-refractivity contribution in [3.63, 3.8) is 0 Å². The van der Waals surface area contributed by atoms with Crippen LogP contribution in [0.15, 0.2) is 35.4 Å². The van der Waals surface area contributed by atoms with Gasteiger partial charge >= 0.3 is 0 Å². The summed E-state index contributed by atoms with van der Waals surface area (Å²) in [7, 11) is 0. The second kappa shape index (κ2) is 4.62. The van der Waals surface area contributed by atoms with Crippen molar-refractivity contribution in [2.75, 3.05) is 11.9 Å². The summed E-state index contributed by atoms with van der Waals surface area (Å²) >= 11 is 0. The molecule has 92 valence electrons. The lowest BCUT2D eigenvalue weighted by atomic mass is 10.0. The Morgan fingerprint density at radius 3 is 3.17 bits per heavy atom. The average Bonchev–Trinajstić information content (AvgIpc) is 2.41. The Hall–Kier alpha value is -2.14. The lowest BCUT2D eigenvalue weighted by molar-refractivity contribution is 0.641. The highest BCUT2D eigenvalue weighted by molar-refractivity contribution is 5.55. The first-order valence-electron chi connectivity index (χ1n) is 5.96. The summed E-state index contributed by atoms with van der Waals surface area (Å²) in [5, 5.41) is 6.36. The van der Waals surface area contributed by atoms with Gasteiger partial charge in [-0.25, -0.2) is 4.98 Å². The van der Waals surface area contributed by atoms with Crippen molar-refractivity contribution < 1.29 is 0 Å². The van der Waals surface area contributed by atoms with Gasteiger partial charge in [-0.3, -0.25) is 4.79 Å². The third-order valence-corrected chi connectivity index (χ3v) is 3.05. The van der Waals surface area contributed by atoms with Crippen LogP contribution < -0.4 is 16.2 Å². The molecule has 3 heterocycles. The Kier molecular flexibility index (Phi) is 2.82. The van der Waals surface area contributed by atoms with E-state index in [1.54, 1.807) is 18.3 Å². The van der Waals surface area contributed by atoms with Gasteiger partial charge in [0.05, 0.1) is 0 Å².